The van der Waals surface area contributed by atoms with Gasteiger partial charge >= 0.3 is 0 Å². The van der Waals surface area contributed by atoms with Crippen molar-refractivity contribution >= 4 is 40.0 Å². The van der Waals surface area contributed by atoms with Crippen LogP contribution in [0.2, 0.25) is 0 Å². The highest BCUT2D eigenvalue weighted by molar-refractivity contribution is 9.10. The number of benzene rings is 2. The molecule has 3 aromatic rings. The van der Waals surface area contributed by atoms with Crippen molar-refractivity contribution in [3.63, 3.8) is 0 Å². The summed E-state index contributed by atoms with van der Waals surface area (Å²) in [6, 6.07) is 18.5. The largest absolute Gasteiger partial charge is 0.212 e. The Morgan fingerprint density at radius 3 is 2.59 bits per heavy atom. The van der Waals surface area contributed by atoms with Crippen molar-refractivity contribution in [2.75, 3.05) is 0 Å². The summed E-state index contributed by atoms with van der Waals surface area (Å²) in [5, 5.41) is 14.0. The van der Waals surface area contributed by atoms with Crippen LogP contribution >= 0.6 is 27.7 Å². The van der Waals surface area contributed by atoms with E-state index in [9.17, 15) is 0 Å². The molecule has 0 radical (unpaired) electrons. The maximum atomic E-state index is 4.58. The third-order valence-corrected chi connectivity index (χ3v) is 5.31. The lowest BCUT2D eigenvalue weighted by molar-refractivity contribution is 0.700. The Balaban J connectivity index is 1.71. The minimum Gasteiger partial charge on any atom is -0.191 e. The summed E-state index contributed by atoms with van der Waals surface area (Å²) in [6.45, 7) is 2.13. The zero-order valence-electron chi connectivity index (χ0n) is 15.1. The summed E-state index contributed by atoms with van der Waals surface area (Å²) in [5.41, 5.74) is 2.38. The Morgan fingerprint density at radius 1 is 1.07 bits per heavy atom. The van der Waals surface area contributed by atoms with Crippen molar-refractivity contribution in [3.8, 4) is 0 Å². The van der Waals surface area contributed by atoms with E-state index < -0.39 is 0 Å². The van der Waals surface area contributed by atoms with E-state index in [1.54, 1.807) is 18.0 Å². The van der Waals surface area contributed by atoms with Gasteiger partial charge in [0.25, 0.3) is 0 Å². The Hall–Kier alpha value is -2.18. The van der Waals surface area contributed by atoms with Gasteiger partial charge in [0, 0.05) is 22.9 Å². The molecule has 0 atom stereocenters. The first-order chi connectivity index (χ1) is 13.3. The summed E-state index contributed by atoms with van der Waals surface area (Å²) >= 11 is 5.11. The van der Waals surface area contributed by atoms with Crippen molar-refractivity contribution in [1.29, 1.82) is 0 Å². The maximum absolute atomic E-state index is 4.58. The zero-order chi connectivity index (χ0) is 18.9. The molecule has 0 bridgehead atoms. The number of aryl methyl sites for hydroxylation is 1. The fourth-order valence-electron chi connectivity index (χ4n) is 2.43. The molecule has 0 aliphatic rings. The van der Waals surface area contributed by atoms with Crippen LogP contribution in [0.3, 0.4) is 0 Å². The summed E-state index contributed by atoms with van der Waals surface area (Å²) in [6.07, 6.45) is 7.62. The molecule has 2 aromatic carbocycles. The van der Waals surface area contributed by atoms with Crippen LogP contribution in [-0.2, 0) is 12.2 Å². The molecular formula is C21H21BrN4S. The molecule has 1 aromatic heterocycles. The molecule has 0 saturated carbocycles. The smallest absolute Gasteiger partial charge is 0.191 e. The van der Waals surface area contributed by atoms with Gasteiger partial charge in [-0.3, -0.25) is 0 Å². The predicted octanol–water partition coefficient (Wildman–Crippen LogP) is 5.83. The maximum Gasteiger partial charge on any atom is 0.212 e. The number of thioether (sulfide) groups is 1. The molecule has 1 heterocycles. The molecule has 0 aliphatic heterocycles. The van der Waals surface area contributed by atoms with Gasteiger partial charge in [-0.15, -0.1) is 10.2 Å². The molecule has 0 spiro atoms. The van der Waals surface area contributed by atoms with Crippen LogP contribution in [0.5, 0.6) is 0 Å². The molecule has 4 nitrogen and oxygen atoms in total. The van der Waals surface area contributed by atoms with Gasteiger partial charge in [-0.05, 0) is 35.8 Å². The fourth-order valence-corrected chi connectivity index (χ4v) is 3.56. The highest BCUT2D eigenvalue weighted by atomic mass is 79.9. The molecule has 0 amide bonds. The average molecular weight is 441 g/mol. The Kier molecular flexibility index (Phi) is 7.42. The van der Waals surface area contributed by atoms with Crippen LogP contribution in [0.4, 0.5) is 0 Å². The first-order valence-corrected chi connectivity index (χ1v) is 10.6. The van der Waals surface area contributed by atoms with E-state index in [1.165, 1.54) is 5.56 Å². The SMILES string of the molecule is CCCc1nnc(SCc2ccc(Br)cc2)n1/N=C/C=C\c1ccccc1. The number of hydrogen-bond donors (Lipinski definition) is 0. The summed E-state index contributed by atoms with van der Waals surface area (Å²) in [4.78, 5) is 0. The third-order valence-electron chi connectivity index (χ3n) is 3.79. The second-order valence-corrected chi connectivity index (χ2v) is 7.77. The molecular weight excluding hydrogens is 420 g/mol. The van der Waals surface area contributed by atoms with E-state index in [-0.39, 0.29) is 0 Å². The quantitative estimate of drug-likeness (QED) is 0.326. The number of halogens is 1. The van der Waals surface area contributed by atoms with Crippen LogP contribution in [0, 0.1) is 0 Å². The van der Waals surface area contributed by atoms with Crippen molar-refractivity contribution in [3.05, 3.63) is 82.1 Å². The monoisotopic (exact) mass is 440 g/mol. The van der Waals surface area contributed by atoms with E-state index in [0.29, 0.717) is 0 Å². The summed E-state index contributed by atoms with van der Waals surface area (Å²) < 4.78 is 2.93. The van der Waals surface area contributed by atoms with Gasteiger partial charge in [-0.2, -0.15) is 9.78 Å². The molecule has 0 fully saturated rings. The van der Waals surface area contributed by atoms with Gasteiger partial charge in [-0.25, -0.2) is 0 Å². The van der Waals surface area contributed by atoms with E-state index in [4.69, 9.17) is 0 Å². The van der Waals surface area contributed by atoms with Gasteiger partial charge in [0.15, 0.2) is 5.82 Å². The molecule has 27 heavy (non-hydrogen) atoms. The van der Waals surface area contributed by atoms with Crippen LogP contribution in [-0.4, -0.2) is 21.1 Å². The second-order valence-electron chi connectivity index (χ2n) is 5.91. The number of hydrogen-bond acceptors (Lipinski definition) is 4. The third kappa shape index (κ3) is 5.91. The van der Waals surface area contributed by atoms with E-state index in [0.717, 1.165) is 39.6 Å². The predicted molar refractivity (Wildman–Crippen MR) is 117 cm³/mol. The van der Waals surface area contributed by atoms with Gasteiger partial charge in [0.05, 0.1) is 0 Å². The highest BCUT2D eigenvalue weighted by Gasteiger charge is 2.11. The van der Waals surface area contributed by atoms with Crippen molar-refractivity contribution in [2.45, 2.75) is 30.7 Å². The van der Waals surface area contributed by atoms with Crippen molar-refractivity contribution in [2.24, 2.45) is 5.10 Å². The fraction of sp³-hybridized carbons (Fsp3) is 0.190. The van der Waals surface area contributed by atoms with Crippen molar-refractivity contribution < 1.29 is 0 Å². The first-order valence-electron chi connectivity index (χ1n) is 8.84. The van der Waals surface area contributed by atoms with E-state index in [2.05, 4.69) is 74.6 Å². The van der Waals surface area contributed by atoms with Crippen molar-refractivity contribution in [1.82, 2.24) is 14.9 Å². The minimum atomic E-state index is 0.811. The normalized spacial score (nSPS) is 11.6. The van der Waals surface area contributed by atoms with Crippen LogP contribution in [0.15, 0.2) is 75.4 Å². The highest BCUT2D eigenvalue weighted by Crippen LogP contribution is 2.23. The summed E-state index contributed by atoms with van der Waals surface area (Å²) in [7, 11) is 0. The van der Waals surface area contributed by atoms with Gasteiger partial charge in [0.2, 0.25) is 5.16 Å². The lowest BCUT2D eigenvalue weighted by Gasteiger charge is -2.04. The molecule has 3 rings (SSSR count). The molecule has 138 valence electrons. The lowest BCUT2D eigenvalue weighted by atomic mass is 10.2. The van der Waals surface area contributed by atoms with Gasteiger partial charge in [0.1, 0.15) is 0 Å². The topological polar surface area (TPSA) is 43.1 Å². The Labute approximate surface area is 172 Å². The molecule has 0 aliphatic carbocycles. The standard InChI is InChI=1S/C21H21BrN4S/c1-2-7-20-24-25-21(27-16-18-11-13-19(22)14-12-18)26(20)23-15-6-10-17-8-4-3-5-9-17/h3-6,8-15H,2,7,16H2,1H3/b10-6-,23-15+. The van der Waals surface area contributed by atoms with E-state index in [1.807, 2.05) is 35.0 Å². The van der Waals surface area contributed by atoms with Crippen LogP contribution in [0.25, 0.3) is 6.08 Å². The van der Waals surface area contributed by atoms with Gasteiger partial charge in [-0.1, -0.05) is 83.2 Å². The van der Waals surface area contributed by atoms with Gasteiger partial charge < -0.3 is 0 Å². The lowest BCUT2D eigenvalue weighted by Crippen LogP contribution is -1.99. The molecule has 6 heteroatoms. The minimum absolute atomic E-state index is 0.811. The molecule has 0 N–H and O–H groups in total. The first kappa shape index (κ1) is 19.6. The number of allylic oxidation sites excluding steroid dienone is 1. The average Bonchev–Trinajstić information content (AvgIpc) is 3.07. The number of rotatable bonds is 8. The number of nitrogens with zero attached hydrogens (tertiary/aromatic N) is 4. The van der Waals surface area contributed by atoms with Crippen LogP contribution in [0.1, 0.15) is 30.3 Å². The molecule has 0 saturated heterocycles. The van der Waals surface area contributed by atoms with Crippen LogP contribution < -0.4 is 0 Å². The Morgan fingerprint density at radius 2 is 1.85 bits per heavy atom. The summed E-state index contributed by atoms with van der Waals surface area (Å²) in [5.74, 6) is 1.72. The Bertz CT molecular complexity index is 902. The zero-order valence-corrected chi connectivity index (χ0v) is 17.5. The second kappa shape index (κ2) is 10.2. The number of aromatic nitrogens is 3. The molecule has 0 unspecified atom stereocenters. The van der Waals surface area contributed by atoms with E-state index >= 15 is 0 Å².